The second-order valence-electron chi connectivity index (χ2n) is 9.44. The van der Waals surface area contributed by atoms with Gasteiger partial charge in [-0.1, -0.05) is 32.9 Å². The second kappa shape index (κ2) is 9.66. The Hall–Kier alpha value is -1.32. The van der Waals surface area contributed by atoms with Crippen LogP contribution in [0.4, 0.5) is 0 Å². The fourth-order valence-electron chi connectivity index (χ4n) is 4.73. The van der Waals surface area contributed by atoms with Crippen molar-refractivity contribution < 1.29 is 9.84 Å². The summed E-state index contributed by atoms with van der Waals surface area (Å²) in [6.45, 7) is 12.2. The van der Waals surface area contributed by atoms with Gasteiger partial charge in [0, 0.05) is 22.8 Å². The molecule has 0 saturated heterocycles. The lowest BCUT2D eigenvalue weighted by Gasteiger charge is -2.30. The number of rotatable bonds is 9. The summed E-state index contributed by atoms with van der Waals surface area (Å²) in [7, 11) is 0. The van der Waals surface area contributed by atoms with Crippen LogP contribution in [0.25, 0.3) is 0 Å². The van der Waals surface area contributed by atoms with Crippen LogP contribution in [0.15, 0.2) is 12.1 Å². The lowest BCUT2D eigenvalue weighted by Crippen LogP contribution is -2.22. The van der Waals surface area contributed by atoms with E-state index in [1.807, 2.05) is 0 Å². The van der Waals surface area contributed by atoms with Crippen molar-refractivity contribution in [3.05, 3.63) is 49.7 Å². The van der Waals surface area contributed by atoms with Crippen LogP contribution in [-0.4, -0.2) is 18.3 Å². The molecular weight excluding hydrogens is 376 g/mol. The van der Waals surface area contributed by atoms with Gasteiger partial charge in [0.25, 0.3) is 0 Å². The molecule has 0 spiro atoms. The molecule has 0 unspecified atom stereocenters. The van der Waals surface area contributed by atoms with Crippen LogP contribution in [0.5, 0.6) is 5.75 Å². The van der Waals surface area contributed by atoms with Gasteiger partial charge >= 0.3 is 0 Å². The molecule has 1 aromatic heterocycles. The normalized spacial score (nSPS) is 15.4. The highest BCUT2D eigenvalue weighted by Gasteiger charge is 2.29. The van der Waals surface area contributed by atoms with Gasteiger partial charge in [-0.3, -0.25) is 0 Å². The number of benzene rings is 1. The summed E-state index contributed by atoms with van der Waals surface area (Å²) < 4.78 is 5.87. The Labute approximate surface area is 181 Å². The number of hydrogen-bond acceptors (Lipinski definition) is 3. The molecule has 0 fully saturated rings. The molecular formula is C26H38O2S. The van der Waals surface area contributed by atoms with E-state index in [1.54, 1.807) is 20.9 Å². The van der Waals surface area contributed by atoms with Gasteiger partial charge in [0.2, 0.25) is 0 Å². The summed E-state index contributed by atoms with van der Waals surface area (Å²) in [5.74, 6) is 0.990. The van der Waals surface area contributed by atoms with E-state index in [4.69, 9.17) is 9.84 Å². The minimum atomic E-state index is 0.180. The fraction of sp³-hybridized carbons (Fsp3) is 0.615. The molecule has 29 heavy (non-hydrogen) atoms. The predicted octanol–water partition coefficient (Wildman–Crippen LogP) is 6.38. The number of aliphatic hydroxyl groups is 1. The summed E-state index contributed by atoms with van der Waals surface area (Å²) in [6, 6.07) is 4.57. The maximum Gasteiger partial charge on any atom is 0.125 e. The topological polar surface area (TPSA) is 29.5 Å². The zero-order valence-corrected chi connectivity index (χ0v) is 19.8. The average Bonchev–Trinajstić information content (AvgIpc) is 2.99. The number of aryl methyl sites for hydroxylation is 5. The van der Waals surface area contributed by atoms with Gasteiger partial charge in [-0.2, -0.15) is 0 Å². The lowest BCUT2D eigenvalue weighted by molar-refractivity contribution is 0.232. The van der Waals surface area contributed by atoms with Crippen LogP contribution in [0, 0.1) is 19.3 Å². The third-order valence-corrected chi connectivity index (χ3v) is 7.73. The van der Waals surface area contributed by atoms with Crippen molar-refractivity contribution in [2.45, 2.75) is 86.0 Å². The fourth-order valence-corrected chi connectivity index (χ4v) is 6.08. The molecule has 1 N–H and O–H groups in total. The molecule has 0 bridgehead atoms. The maximum atomic E-state index is 8.96. The zero-order valence-electron chi connectivity index (χ0n) is 19.0. The molecule has 3 rings (SSSR count). The van der Waals surface area contributed by atoms with E-state index in [0.717, 1.165) is 12.2 Å². The van der Waals surface area contributed by atoms with Crippen molar-refractivity contribution in [2.24, 2.45) is 5.41 Å². The van der Waals surface area contributed by atoms with Crippen molar-refractivity contribution in [3.63, 3.8) is 0 Å². The first-order valence-corrected chi connectivity index (χ1v) is 12.1. The van der Waals surface area contributed by atoms with Crippen molar-refractivity contribution in [2.75, 3.05) is 13.2 Å². The molecule has 0 radical (unpaired) electrons. The van der Waals surface area contributed by atoms with Gasteiger partial charge in [0.15, 0.2) is 0 Å². The van der Waals surface area contributed by atoms with Crippen LogP contribution in [0.3, 0.4) is 0 Å². The van der Waals surface area contributed by atoms with Gasteiger partial charge in [-0.25, -0.2) is 0 Å². The Bertz CT molecular complexity index is 808. The molecule has 1 heterocycles. The SMILES string of the molecule is CCc1sc(CCCc2cc(C)c(OCCCO)c(C)c2)c2c1CC(C)(C)CC2. The smallest absolute Gasteiger partial charge is 0.125 e. The Morgan fingerprint density at radius 1 is 1.03 bits per heavy atom. The lowest BCUT2D eigenvalue weighted by atomic mass is 9.74. The predicted molar refractivity (Wildman–Crippen MR) is 125 cm³/mol. The van der Waals surface area contributed by atoms with Crippen molar-refractivity contribution >= 4 is 11.3 Å². The summed E-state index contributed by atoms with van der Waals surface area (Å²) in [4.78, 5) is 3.29. The van der Waals surface area contributed by atoms with Gasteiger partial charge in [-0.05, 0) is 92.0 Å². The van der Waals surface area contributed by atoms with Crippen LogP contribution in [-0.2, 0) is 32.1 Å². The van der Waals surface area contributed by atoms with Gasteiger partial charge in [0.1, 0.15) is 5.75 Å². The van der Waals surface area contributed by atoms with Crippen LogP contribution in [0.1, 0.15) is 77.6 Å². The van der Waals surface area contributed by atoms with Gasteiger partial charge < -0.3 is 9.84 Å². The quantitative estimate of drug-likeness (QED) is 0.483. The molecule has 1 aliphatic rings. The summed E-state index contributed by atoms with van der Waals surface area (Å²) in [5.41, 5.74) is 7.69. The van der Waals surface area contributed by atoms with E-state index in [-0.39, 0.29) is 6.61 Å². The van der Waals surface area contributed by atoms with Crippen LogP contribution >= 0.6 is 11.3 Å². The average molecular weight is 415 g/mol. The molecule has 0 atom stereocenters. The highest BCUT2D eigenvalue weighted by atomic mass is 32.1. The number of aliphatic hydroxyl groups excluding tert-OH is 1. The zero-order chi connectivity index (χ0) is 21.0. The molecule has 160 valence electrons. The first kappa shape index (κ1) is 22.4. The molecule has 1 aliphatic carbocycles. The summed E-state index contributed by atoms with van der Waals surface area (Å²) >= 11 is 2.09. The molecule has 0 amide bonds. The van der Waals surface area contributed by atoms with Crippen molar-refractivity contribution in [1.29, 1.82) is 0 Å². The van der Waals surface area contributed by atoms with E-state index in [2.05, 4.69) is 58.1 Å². The number of hydrogen-bond donors (Lipinski definition) is 1. The Kier molecular flexibility index (Phi) is 7.45. The number of thiophene rings is 1. The van der Waals surface area contributed by atoms with E-state index in [1.165, 1.54) is 55.2 Å². The minimum Gasteiger partial charge on any atom is -0.493 e. The van der Waals surface area contributed by atoms with E-state index in [0.29, 0.717) is 18.4 Å². The largest absolute Gasteiger partial charge is 0.493 e. The molecule has 0 saturated carbocycles. The molecule has 1 aromatic carbocycles. The van der Waals surface area contributed by atoms with E-state index >= 15 is 0 Å². The molecule has 3 heteroatoms. The monoisotopic (exact) mass is 414 g/mol. The van der Waals surface area contributed by atoms with Crippen molar-refractivity contribution in [1.82, 2.24) is 0 Å². The highest BCUT2D eigenvalue weighted by Crippen LogP contribution is 2.42. The third-order valence-electron chi connectivity index (χ3n) is 6.25. The summed E-state index contributed by atoms with van der Waals surface area (Å²) in [6.07, 6.45) is 9.26. The first-order valence-electron chi connectivity index (χ1n) is 11.3. The molecule has 2 nitrogen and oxygen atoms in total. The summed E-state index contributed by atoms with van der Waals surface area (Å²) in [5, 5.41) is 8.96. The standard InChI is InChI=1S/C26H38O2S/c1-6-23-22-17-26(4,5)12-11-21(22)24(29-23)10-7-9-20-15-18(2)25(19(3)16-20)28-14-8-13-27/h15-16,27H,6-14,17H2,1-5H3. The van der Waals surface area contributed by atoms with Crippen LogP contribution in [0.2, 0.25) is 0 Å². The minimum absolute atomic E-state index is 0.180. The van der Waals surface area contributed by atoms with Crippen molar-refractivity contribution in [3.8, 4) is 5.75 Å². The van der Waals surface area contributed by atoms with E-state index < -0.39 is 0 Å². The Morgan fingerprint density at radius 2 is 1.76 bits per heavy atom. The maximum absolute atomic E-state index is 8.96. The van der Waals surface area contributed by atoms with E-state index in [9.17, 15) is 0 Å². The molecule has 0 aliphatic heterocycles. The number of fused-ring (bicyclic) bond motifs is 1. The Balaban J connectivity index is 1.64. The second-order valence-corrected chi connectivity index (χ2v) is 10.6. The van der Waals surface area contributed by atoms with Crippen LogP contribution < -0.4 is 4.74 Å². The molecule has 2 aromatic rings. The highest BCUT2D eigenvalue weighted by molar-refractivity contribution is 7.12. The van der Waals surface area contributed by atoms with Gasteiger partial charge in [0.05, 0.1) is 6.61 Å². The number of ether oxygens (including phenoxy) is 1. The third kappa shape index (κ3) is 5.44. The Morgan fingerprint density at radius 3 is 2.41 bits per heavy atom. The first-order chi connectivity index (χ1) is 13.8. The van der Waals surface area contributed by atoms with Gasteiger partial charge in [-0.15, -0.1) is 11.3 Å².